The lowest BCUT2D eigenvalue weighted by molar-refractivity contribution is -0.134. The SMILES string of the molecule is CC(=O)Oc1cc2c(c(Cl)c1OC(C)=O)CCNCC2c1ccccc1.Cl. The first kappa shape index (κ1) is 21.2. The minimum atomic E-state index is -0.522. The van der Waals surface area contributed by atoms with Crippen molar-refractivity contribution in [3.8, 4) is 11.5 Å². The molecule has 0 bridgehead atoms. The summed E-state index contributed by atoms with van der Waals surface area (Å²) in [6, 6.07) is 11.8. The van der Waals surface area contributed by atoms with Gasteiger partial charge in [-0.15, -0.1) is 12.4 Å². The smallest absolute Gasteiger partial charge is 0.308 e. The molecule has 2 aromatic carbocycles. The predicted molar refractivity (Wildman–Crippen MR) is 106 cm³/mol. The topological polar surface area (TPSA) is 64.6 Å². The van der Waals surface area contributed by atoms with E-state index in [0.717, 1.165) is 29.8 Å². The van der Waals surface area contributed by atoms with Crippen molar-refractivity contribution in [2.45, 2.75) is 26.2 Å². The van der Waals surface area contributed by atoms with Crippen molar-refractivity contribution in [1.82, 2.24) is 5.32 Å². The molecule has 3 rings (SSSR count). The normalized spacial score (nSPS) is 15.7. The van der Waals surface area contributed by atoms with Gasteiger partial charge in [-0.25, -0.2) is 0 Å². The van der Waals surface area contributed by atoms with E-state index < -0.39 is 11.9 Å². The van der Waals surface area contributed by atoms with Gasteiger partial charge in [0.25, 0.3) is 0 Å². The first-order chi connectivity index (χ1) is 12.5. The van der Waals surface area contributed by atoms with Gasteiger partial charge in [0.05, 0.1) is 5.02 Å². The fourth-order valence-electron chi connectivity index (χ4n) is 3.25. The zero-order chi connectivity index (χ0) is 18.7. The van der Waals surface area contributed by atoms with Crippen molar-refractivity contribution in [3.63, 3.8) is 0 Å². The van der Waals surface area contributed by atoms with E-state index in [1.807, 2.05) is 18.2 Å². The second-order valence-corrected chi connectivity index (χ2v) is 6.57. The Morgan fingerprint density at radius 3 is 2.41 bits per heavy atom. The van der Waals surface area contributed by atoms with Crippen LogP contribution in [0.2, 0.25) is 5.02 Å². The van der Waals surface area contributed by atoms with E-state index in [4.69, 9.17) is 21.1 Å². The quantitative estimate of drug-likeness (QED) is 0.615. The molecular weight excluding hydrogens is 389 g/mol. The molecule has 7 heteroatoms. The van der Waals surface area contributed by atoms with Gasteiger partial charge in [-0.2, -0.15) is 0 Å². The maximum Gasteiger partial charge on any atom is 0.308 e. The summed E-state index contributed by atoms with van der Waals surface area (Å²) >= 11 is 6.59. The maximum absolute atomic E-state index is 11.5. The third kappa shape index (κ3) is 4.80. The molecule has 144 valence electrons. The summed E-state index contributed by atoms with van der Waals surface area (Å²) in [4.78, 5) is 23.0. The first-order valence-electron chi connectivity index (χ1n) is 8.45. The van der Waals surface area contributed by atoms with Crippen LogP contribution in [0.4, 0.5) is 0 Å². The molecule has 1 atom stereocenters. The Kier molecular flexibility index (Phi) is 7.25. The maximum atomic E-state index is 11.5. The molecule has 27 heavy (non-hydrogen) atoms. The van der Waals surface area contributed by atoms with Gasteiger partial charge in [-0.3, -0.25) is 9.59 Å². The molecule has 0 saturated heterocycles. The number of carbonyl (C=O) groups is 2. The van der Waals surface area contributed by atoms with E-state index in [0.29, 0.717) is 11.4 Å². The molecule has 0 saturated carbocycles. The molecule has 0 spiro atoms. The van der Waals surface area contributed by atoms with Crippen LogP contribution in [0.5, 0.6) is 11.5 Å². The zero-order valence-electron chi connectivity index (χ0n) is 15.1. The van der Waals surface area contributed by atoms with Crippen LogP contribution in [-0.4, -0.2) is 25.0 Å². The number of rotatable bonds is 3. The van der Waals surface area contributed by atoms with Crippen LogP contribution < -0.4 is 14.8 Å². The monoisotopic (exact) mass is 409 g/mol. The van der Waals surface area contributed by atoms with Gasteiger partial charge in [0, 0.05) is 26.3 Å². The molecule has 0 fully saturated rings. The third-order valence-corrected chi connectivity index (χ3v) is 4.70. The molecule has 0 amide bonds. The average Bonchev–Trinajstić information content (AvgIpc) is 2.81. The first-order valence-corrected chi connectivity index (χ1v) is 8.83. The second-order valence-electron chi connectivity index (χ2n) is 6.19. The molecule has 0 aliphatic carbocycles. The van der Waals surface area contributed by atoms with Crippen molar-refractivity contribution in [2.75, 3.05) is 13.1 Å². The van der Waals surface area contributed by atoms with Gasteiger partial charge in [0.2, 0.25) is 0 Å². The fourth-order valence-corrected chi connectivity index (χ4v) is 3.59. The highest BCUT2D eigenvalue weighted by Gasteiger charge is 2.27. The van der Waals surface area contributed by atoms with Crippen LogP contribution >= 0.6 is 24.0 Å². The summed E-state index contributed by atoms with van der Waals surface area (Å²) in [5.41, 5.74) is 3.00. The van der Waals surface area contributed by atoms with Gasteiger partial charge < -0.3 is 14.8 Å². The van der Waals surface area contributed by atoms with Crippen molar-refractivity contribution >= 4 is 35.9 Å². The Morgan fingerprint density at radius 2 is 1.78 bits per heavy atom. The van der Waals surface area contributed by atoms with Gasteiger partial charge in [-0.1, -0.05) is 41.9 Å². The second kappa shape index (κ2) is 9.22. The van der Waals surface area contributed by atoms with Crippen LogP contribution in [-0.2, 0) is 16.0 Å². The molecule has 1 aliphatic rings. The standard InChI is InChI=1S/C20H20ClNO4.ClH/c1-12(23)25-18-10-16-15(19(21)20(18)26-13(2)24)8-9-22-11-17(16)14-6-4-3-5-7-14;/h3-7,10,17,22H,8-9,11H2,1-2H3;1H. The van der Waals surface area contributed by atoms with E-state index >= 15 is 0 Å². The third-order valence-electron chi connectivity index (χ3n) is 4.30. The van der Waals surface area contributed by atoms with Crippen molar-refractivity contribution in [1.29, 1.82) is 0 Å². The minimum absolute atomic E-state index is 0. The highest BCUT2D eigenvalue weighted by molar-refractivity contribution is 6.33. The van der Waals surface area contributed by atoms with Crippen LogP contribution in [0.1, 0.15) is 36.5 Å². The van der Waals surface area contributed by atoms with Crippen LogP contribution in [0.15, 0.2) is 36.4 Å². The van der Waals surface area contributed by atoms with E-state index in [1.54, 1.807) is 6.07 Å². The number of fused-ring (bicyclic) bond motifs is 1. The lowest BCUT2D eigenvalue weighted by Crippen LogP contribution is -2.20. The molecule has 0 aromatic heterocycles. The van der Waals surface area contributed by atoms with E-state index in [-0.39, 0.29) is 29.8 Å². The number of benzene rings is 2. The molecule has 0 radical (unpaired) electrons. The molecule has 5 nitrogen and oxygen atoms in total. The van der Waals surface area contributed by atoms with Crippen LogP contribution in [0.3, 0.4) is 0 Å². The summed E-state index contributed by atoms with van der Waals surface area (Å²) in [7, 11) is 0. The van der Waals surface area contributed by atoms with E-state index in [1.165, 1.54) is 13.8 Å². The van der Waals surface area contributed by atoms with E-state index in [9.17, 15) is 9.59 Å². The zero-order valence-corrected chi connectivity index (χ0v) is 16.7. The molecule has 1 unspecified atom stereocenters. The number of hydrogen-bond donors (Lipinski definition) is 1. The molecule has 1 N–H and O–H groups in total. The van der Waals surface area contributed by atoms with Gasteiger partial charge in [0.15, 0.2) is 11.5 Å². The number of hydrogen-bond acceptors (Lipinski definition) is 5. The Balaban J connectivity index is 0.00000261. The summed E-state index contributed by atoms with van der Waals surface area (Å²) in [5, 5.41) is 3.73. The van der Waals surface area contributed by atoms with Crippen LogP contribution in [0.25, 0.3) is 0 Å². The largest absolute Gasteiger partial charge is 0.423 e. The molecule has 1 heterocycles. The number of ether oxygens (including phenoxy) is 2. The number of nitrogens with one attached hydrogen (secondary N) is 1. The summed E-state index contributed by atoms with van der Waals surface area (Å²) in [6.07, 6.45) is 0.687. The number of carbonyl (C=O) groups excluding carboxylic acids is 2. The Bertz CT molecular complexity index is 840. The number of esters is 2. The van der Waals surface area contributed by atoms with E-state index in [2.05, 4.69) is 17.4 Å². The average molecular weight is 410 g/mol. The fraction of sp³-hybridized carbons (Fsp3) is 0.300. The Hall–Kier alpha value is -2.08. The molecule has 2 aromatic rings. The lowest BCUT2D eigenvalue weighted by atomic mass is 9.87. The summed E-state index contributed by atoms with van der Waals surface area (Å²) in [6.45, 7) is 4.07. The van der Waals surface area contributed by atoms with Gasteiger partial charge in [0.1, 0.15) is 0 Å². The summed E-state index contributed by atoms with van der Waals surface area (Å²) < 4.78 is 10.6. The van der Waals surface area contributed by atoms with Gasteiger partial charge in [-0.05, 0) is 35.7 Å². The van der Waals surface area contributed by atoms with Crippen molar-refractivity contribution in [3.05, 3.63) is 58.1 Å². The highest BCUT2D eigenvalue weighted by Crippen LogP contribution is 2.44. The minimum Gasteiger partial charge on any atom is -0.423 e. The summed E-state index contributed by atoms with van der Waals surface area (Å²) in [5.74, 6) is -0.711. The van der Waals surface area contributed by atoms with Gasteiger partial charge >= 0.3 is 11.9 Å². The predicted octanol–water partition coefficient (Wildman–Crippen LogP) is 3.89. The Labute approximate surface area is 169 Å². The Morgan fingerprint density at radius 1 is 1.11 bits per heavy atom. The highest BCUT2D eigenvalue weighted by atomic mass is 35.5. The van der Waals surface area contributed by atoms with Crippen LogP contribution in [0, 0.1) is 0 Å². The lowest BCUT2D eigenvalue weighted by Gasteiger charge is -2.22. The van der Waals surface area contributed by atoms with Crippen molar-refractivity contribution < 1.29 is 19.1 Å². The molecule has 1 aliphatic heterocycles. The molecular formula is C20H21Cl2NO4. The van der Waals surface area contributed by atoms with Crippen molar-refractivity contribution in [2.24, 2.45) is 0 Å². The number of halogens is 2.